The standard InChI is InChI=1S/C27H40N2O5S/c1-4-6-10-15-28-16-12-14-27-20(23(31)29(19(5-2)18-30)22(27)24(28)32)21-25(33)34-17-11-8-7-9-13-26(21,3)35-27/h9,12-14,19-22,30H,4-8,10-11,15-18H2,1-3H3/b13-9-/t19-,20-,21-,22?,26+,27-/m0/s1. The van der Waals surface area contributed by atoms with Gasteiger partial charge in [0.1, 0.15) is 6.04 Å². The Morgan fingerprint density at radius 1 is 1.11 bits per heavy atom. The lowest BCUT2D eigenvalue weighted by atomic mass is 9.74. The summed E-state index contributed by atoms with van der Waals surface area (Å²) in [7, 11) is 0. The molecule has 2 fully saturated rings. The Morgan fingerprint density at radius 2 is 1.91 bits per heavy atom. The Labute approximate surface area is 213 Å². The quantitative estimate of drug-likeness (QED) is 0.325. The van der Waals surface area contributed by atoms with Crippen molar-refractivity contribution in [1.29, 1.82) is 0 Å². The molecule has 0 aromatic carbocycles. The molecule has 35 heavy (non-hydrogen) atoms. The van der Waals surface area contributed by atoms with Crippen LogP contribution in [-0.2, 0) is 19.1 Å². The molecule has 194 valence electrons. The van der Waals surface area contributed by atoms with Crippen LogP contribution in [0, 0.1) is 11.8 Å². The minimum atomic E-state index is -0.882. The van der Waals surface area contributed by atoms with Crippen molar-refractivity contribution in [3.8, 4) is 0 Å². The van der Waals surface area contributed by atoms with Gasteiger partial charge in [0.15, 0.2) is 0 Å². The first kappa shape index (κ1) is 26.3. The molecule has 0 radical (unpaired) electrons. The second-order valence-corrected chi connectivity index (χ2v) is 12.2. The van der Waals surface area contributed by atoms with Gasteiger partial charge in [-0.3, -0.25) is 14.4 Å². The summed E-state index contributed by atoms with van der Waals surface area (Å²) in [6, 6.07) is -1.22. The number of hydrogen-bond acceptors (Lipinski definition) is 6. The number of nitrogens with zero attached hydrogens (tertiary/aromatic N) is 2. The zero-order chi connectivity index (χ0) is 25.2. The molecule has 1 unspecified atom stereocenters. The van der Waals surface area contributed by atoms with Crippen LogP contribution in [0.3, 0.4) is 0 Å². The molecule has 6 atom stereocenters. The zero-order valence-corrected chi connectivity index (χ0v) is 22.1. The van der Waals surface area contributed by atoms with Gasteiger partial charge in [-0.15, -0.1) is 11.8 Å². The van der Waals surface area contributed by atoms with Crippen molar-refractivity contribution in [1.82, 2.24) is 9.80 Å². The summed E-state index contributed by atoms with van der Waals surface area (Å²) in [5.41, 5.74) is 0. The fraction of sp³-hybridized carbons (Fsp3) is 0.741. The number of rotatable bonds is 7. The first-order valence-electron chi connectivity index (χ1n) is 13.3. The number of unbranched alkanes of at least 4 members (excludes halogenated alkanes) is 2. The Kier molecular flexibility index (Phi) is 8.01. The van der Waals surface area contributed by atoms with E-state index in [0.29, 0.717) is 26.1 Å². The number of likely N-dealkylation sites (tertiary alicyclic amines) is 1. The van der Waals surface area contributed by atoms with E-state index in [1.807, 2.05) is 30.9 Å². The minimum Gasteiger partial charge on any atom is -0.465 e. The van der Waals surface area contributed by atoms with E-state index in [2.05, 4.69) is 19.1 Å². The number of carbonyl (C=O) groups is 3. The highest BCUT2D eigenvalue weighted by Gasteiger charge is 2.74. The van der Waals surface area contributed by atoms with Crippen molar-refractivity contribution in [2.45, 2.75) is 87.3 Å². The van der Waals surface area contributed by atoms with Gasteiger partial charge in [-0.05, 0) is 39.0 Å². The lowest BCUT2D eigenvalue weighted by Crippen LogP contribution is -2.56. The maximum absolute atomic E-state index is 14.2. The summed E-state index contributed by atoms with van der Waals surface area (Å²) >= 11 is 1.57. The summed E-state index contributed by atoms with van der Waals surface area (Å²) in [5, 5.41) is 10.2. The molecule has 2 amide bonds. The van der Waals surface area contributed by atoms with E-state index in [1.165, 1.54) is 0 Å². The summed E-state index contributed by atoms with van der Waals surface area (Å²) in [6.07, 6.45) is 14.4. The predicted molar refractivity (Wildman–Crippen MR) is 137 cm³/mol. The molecule has 0 aliphatic carbocycles. The average molecular weight is 505 g/mol. The van der Waals surface area contributed by atoms with Gasteiger partial charge >= 0.3 is 5.97 Å². The van der Waals surface area contributed by atoms with E-state index >= 15 is 0 Å². The van der Waals surface area contributed by atoms with E-state index in [9.17, 15) is 19.5 Å². The summed E-state index contributed by atoms with van der Waals surface area (Å²) in [4.78, 5) is 45.3. The smallest absolute Gasteiger partial charge is 0.311 e. The number of carbonyl (C=O) groups excluding carboxylic acids is 3. The normalized spacial score (nSPS) is 36.8. The van der Waals surface area contributed by atoms with Crippen LogP contribution in [-0.4, -0.2) is 80.6 Å². The number of hydrogen-bond donors (Lipinski definition) is 1. The van der Waals surface area contributed by atoms with Crippen molar-refractivity contribution >= 4 is 29.5 Å². The number of fused-ring (bicyclic) bond motifs is 2. The van der Waals surface area contributed by atoms with Gasteiger partial charge in [0.25, 0.3) is 0 Å². The Bertz CT molecular complexity index is 887. The van der Waals surface area contributed by atoms with Crippen molar-refractivity contribution in [3.05, 3.63) is 24.3 Å². The first-order valence-corrected chi connectivity index (χ1v) is 14.1. The number of esters is 1. The topological polar surface area (TPSA) is 87.2 Å². The van der Waals surface area contributed by atoms with Gasteiger partial charge < -0.3 is 19.6 Å². The predicted octanol–water partition coefficient (Wildman–Crippen LogP) is 3.32. The number of aliphatic hydroxyl groups excluding tert-OH is 1. The van der Waals surface area contributed by atoms with Crippen molar-refractivity contribution in [2.24, 2.45) is 11.8 Å². The van der Waals surface area contributed by atoms with E-state index in [1.54, 1.807) is 16.7 Å². The molecule has 7 nitrogen and oxygen atoms in total. The number of allylic oxidation sites excluding steroid dienone is 1. The SMILES string of the molecule is CCCCCN1CC=C[C@]23S[C@]4(C)/C=C\CCCCOC(=O)[C@@H]4[C@H]2C(=O)N([C@@H](CC)CO)C3C1=O. The van der Waals surface area contributed by atoms with E-state index < -0.39 is 33.4 Å². The van der Waals surface area contributed by atoms with Crippen molar-refractivity contribution < 1.29 is 24.2 Å². The zero-order valence-electron chi connectivity index (χ0n) is 21.3. The molecular formula is C27H40N2O5S. The van der Waals surface area contributed by atoms with Crippen LogP contribution in [0.2, 0.25) is 0 Å². The molecular weight excluding hydrogens is 464 g/mol. The molecule has 1 spiro atoms. The van der Waals surface area contributed by atoms with Gasteiger partial charge in [0.2, 0.25) is 11.8 Å². The molecule has 4 heterocycles. The fourth-order valence-electron chi connectivity index (χ4n) is 6.34. The number of thioether (sulfide) groups is 1. The van der Waals surface area contributed by atoms with Crippen LogP contribution in [0.1, 0.15) is 65.7 Å². The molecule has 0 saturated carbocycles. The lowest BCUT2D eigenvalue weighted by molar-refractivity contribution is -0.154. The van der Waals surface area contributed by atoms with E-state index in [0.717, 1.165) is 38.5 Å². The number of aliphatic hydroxyl groups is 1. The fourth-order valence-corrected chi connectivity index (χ4v) is 8.48. The summed E-state index contributed by atoms with van der Waals surface area (Å²) < 4.78 is 4.15. The molecule has 2 saturated heterocycles. The maximum atomic E-state index is 14.2. The van der Waals surface area contributed by atoms with Crippen LogP contribution in [0.25, 0.3) is 0 Å². The van der Waals surface area contributed by atoms with Gasteiger partial charge in [0, 0.05) is 17.8 Å². The van der Waals surface area contributed by atoms with Gasteiger partial charge in [0.05, 0.1) is 35.8 Å². The molecule has 1 N–H and O–H groups in total. The molecule has 8 heteroatoms. The van der Waals surface area contributed by atoms with Crippen molar-refractivity contribution in [3.63, 3.8) is 0 Å². The Hall–Kier alpha value is -1.80. The number of cyclic esters (lactones) is 1. The number of amides is 2. The minimum absolute atomic E-state index is 0.0778. The second-order valence-electron chi connectivity index (χ2n) is 10.4. The summed E-state index contributed by atoms with van der Waals surface area (Å²) in [5.74, 6) is -2.05. The van der Waals surface area contributed by atoms with Gasteiger partial charge in [-0.25, -0.2) is 0 Å². The first-order chi connectivity index (χ1) is 16.8. The highest BCUT2D eigenvalue weighted by molar-refractivity contribution is 8.02. The van der Waals surface area contributed by atoms with Crippen LogP contribution in [0.5, 0.6) is 0 Å². The van der Waals surface area contributed by atoms with Gasteiger partial charge in [-0.2, -0.15) is 0 Å². The summed E-state index contributed by atoms with van der Waals surface area (Å²) in [6.45, 7) is 7.32. The average Bonchev–Trinajstić information content (AvgIpc) is 3.17. The van der Waals surface area contributed by atoms with E-state index in [4.69, 9.17) is 4.74 Å². The third kappa shape index (κ3) is 4.45. The molecule has 0 aromatic heterocycles. The van der Waals surface area contributed by atoms with E-state index in [-0.39, 0.29) is 24.4 Å². The van der Waals surface area contributed by atoms with Crippen LogP contribution in [0.15, 0.2) is 24.3 Å². The highest BCUT2D eigenvalue weighted by atomic mass is 32.2. The second kappa shape index (κ2) is 10.7. The Morgan fingerprint density at radius 3 is 2.63 bits per heavy atom. The molecule has 4 aliphatic heterocycles. The Balaban J connectivity index is 1.83. The third-order valence-electron chi connectivity index (χ3n) is 8.13. The van der Waals surface area contributed by atoms with Crippen molar-refractivity contribution in [2.75, 3.05) is 26.3 Å². The lowest BCUT2D eigenvalue weighted by Gasteiger charge is -2.39. The number of ether oxygens (including phenoxy) is 1. The van der Waals surface area contributed by atoms with Crippen LogP contribution >= 0.6 is 11.8 Å². The molecule has 0 aromatic rings. The monoisotopic (exact) mass is 504 g/mol. The largest absolute Gasteiger partial charge is 0.465 e. The van der Waals surface area contributed by atoms with Crippen LogP contribution < -0.4 is 0 Å². The van der Waals surface area contributed by atoms with Gasteiger partial charge in [-0.1, -0.05) is 51.0 Å². The molecule has 4 aliphatic rings. The molecule has 0 bridgehead atoms. The maximum Gasteiger partial charge on any atom is 0.311 e. The molecule has 4 rings (SSSR count). The third-order valence-corrected chi connectivity index (χ3v) is 9.93. The highest BCUT2D eigenvalue weighted by Crippen LogP contribution is 2.65. The van der Waals surface area contributed by atoms with Crippen LogP contribution in [0.4, 0.5) is 0 Å².